The van der Waals surface area contributed by atoms with Crippen molar-refractivity contribution in [2.24, 2.45) is 0 Å². The fourth-order valence-electron chi connectivity index (χ4n) is 2.75. The van der Waals surface area contributed by atoms with Crippen LogP contribution in [0.4, 0.5) is 5.82 Å². The maximum Gasteiger partial charge on any atom is 0.335 e. The van der Waals surface area contributed by atoms with E-state index in [1.54, 1.807) is 12.1 Å². The third kappa shape index (κ3) is 3.06. The molecule has 2 rings (SSSR count). The first-order valence-electron chi connectivity index (χ1n) is 7.16. The molecule has 0 aromatic carbocycles. The fraction of sp³-hybridized carbons (Fsp3) is 0.600. The van der Waals surface area contributed by atoms with Crippen LogP contribution in [0.15, 0.2) is 12.1 Å². The smallest absolute Gasteiger partial charge is 0.335 e. The molecule has 0 saturated carbocycles. The lowest BCUT2D eigenvalue weighted by Crippen LogP contribution is -2.39. The van der Waals surface area contributed by atoms with E-state index in [-0.39, 0.29) is 0 Å². The summed E-state index contributed by atoms with van der Waals surface area (Å²) in [5.74, 6) is -0.0355. The summed E-state index contributed by atoms with van der Waals surface area (Å²) < 4.78 is 0. The average molecular weight is 262 g/mol. The van der Waals surface area contributed by atoms with Crippen LogP contribution in [0, 0.1) is 0 Å². The van der Waals surface area contributed by atoms with Gasteiger partial charge in [0.1, 0.15) is 5.82 Å². The minimum absolute atomic E-state index is 0.349. The van der Waals surface area contributed by atoms with Gasteiger partial charge in [-0.1, -0.05) is 13.8 Å². The summed E-state index contributed by atoms with van der Waals surface area (Å²) in [6.45, 7) is 5.17. The van der Waals surface area contributed by atoms with Gasteiger partial charge in [0, 0.05) is 18.3 Å². The van der Waals surface area contributed by atoms with E-state index in [2.05, 4.69) is 16.8 Å². The third-order valence-electron chi connectivity index (χ3n) is 3.87. The van der Waals surface area contributed by atoms with E-state index in [9.17, 15) is 9.90 Å². The topological polar surface area (TPSA) is 53.4 Å². The van der Waals surface area contributed by atoms with Crippen LogP contribution >= 0.6 is 0 Å². The lowest BCUT2D eigenvalue weighted by molar-refractivity contribution is 0.0696. The molecule has 1 aliphatic rings. The summed E-state index contributed by atoms with van der Waals surface area (Å²) in [5, 5.41) is 9.20. The zero-order chi connectivity index (χ0) is 13.8. The van der Waals surface area contributed by atoms with Gasteiger partial charge in [-0.15, -0.1) is 0 Å². The number of aromatic carboxylic acids is 1. The number of carbonyl (C=O) groups is 1. The Hall–Kier alpha value is -1.58. The first-order chi connectivity index (χ1) is 9.15. The zero-order valence-corrected chi connectivity index (χ0v) is 11.7. The molecule has 19 heavy (non-hydrogen) atoms. The molecule has 0 radical (unpaired) electrons. The van der Waals surface area contributed by atoms with Gasteiger partial charge in [-0.3, -0.25) is 0 Å². The maximum atomic E-state index is 11.2. The van der Waals surface area contributed by atoms with E-state index < -0.39 is 5.97 Å². The van der Waals surface area contributed by atoms with Crippen molar-refractivity contribution in [1.29, 1.82) is 0 Å². The van der Waals surface area contributed by atoms with Crippen molar-refractivity contribution < 1.29 is 9.90 Å². The lowest BCUT2D eigenvalue weighted by atomic mass is 10.00. The summed E-state index contributed by atoms with van der Waals surface area (Å²) in [5.41, 5.74) is 1.21. The summed E-state index contributed by atoms with van der Waals surface area (Å²) in [4.78, 5) is 18.1. The monoisotopic (exact) mass is 262 g/mol. The summed E-state index contributed by atoms with van der Waals surface area (Å²) in [6, 6.07) is 3.89. The summed E-state index contributed by atoms with van der Waals surface area (Å²) in [6.07, 6.45) is 5.45. The molecule has 0 aliphatic carbocycles. The molecule has 2 heterocycles. The van der Waals surface area contributed by atoms with E-state index in [4.69, 9.17) is 0 Å². The van der Waals surface area contributed by atoms with E-state index >= 15 is 0 Å². The van der Waals surface area contributed by atoms with Gasteiger partial charge in [0.15, 0.2) is 0 Å². The molecule has 1 atom stereocenters. The molecule has 4 heteroatoms. The molecule has 1 fully saturated rings. The minimum atomic E-state index is -0.872. The Balaban J connectivity index is 2.36. The van der Waals surface area contributed by atoms with Gasteiger partial charge < -0.3 is 10.0 Å². The second-order valence-corrected chi connectivity index (χ2v) is 5.12. The SMILES string of the molecule is CCc1cc(C(=O)O)cc(N2CCCCC2CC)n1. The van der Waals surface area contributed by atoms with Crippen LogP contribution in [-0.2, 0) is 6.42 Å². The number of aromatic nitrogens is 1. The van der Waals surface area contributed by atoms with Gasteiger partial charge in [-0.2, -0.15) is 0 Å². The first-order valence-corrected chi connectivity index (χ1v) is 7.16. The maximum absolute atomic E-state index is 11.2. The van der Waals surface area contributed by atoms with Gasteiger partial charge >= 0.3 is 5.97 Å². The Bertz CT molecular complexity index is 459. The molecule has 1 N–H and O–H groups in total. The highest BCUT2D eigenvalue weighted by molar-refractivity contribution is 5.88. The van der Waals surface area contributed by atoms with Crippen molar-refractivity contribution >= 4 is 11.8 Å². The van der Waals surface area contributed by atoms with Crippen LogP contribution in [-0.4, -0.2) is 28.6 Å². The highest BCUT2D eigenvalue weighted by Crippen LogP contribution is 2.26. The number of carboxylic acid groups (broad SMARTS) is 1. The second kappa shape index (κ2) is 6.04. The quantitative estimate of drug-likeness (QED) is 0.905. The molecule has 1 aromatic heterocycles. The third-order valence-corrected chi connectivity index (χ3v) is 3.87. The molecular formula is C15H22N2O2. The van der Waals surface area contributed by atoms with Gasteiger partial charge in [0.2, 0.25) is 0 Å². The first kappa shape index (κ1) is 13.8. The highest BCUT2D eigenvalue weighted by Gasteiger charge is 2.23. The van der Waals surface area contributed by atoms with Crippen molar-refractivity contribution in [2.75, 3.05) is 11.4 Å². The molecule has 0 amide bonds. The second-order valence-electron chi connectivity index (χ2n) is 5.12. The Morgan fingerprint density at radius 2 is 2.21 bits per heavy atom. The molecule has 1 aromatic rings. The van der Waals surface area contributed by atoms with Crippen LogP contribution < -0.4 is 4.90 Å². The molecular weight excluding hydrogens is 240 g/mol. The van der Waals surface area contributed by atoms with Crippen LogP contribution in [0.3, 0.4) is 0 Å². The predicted octanol–water partition coefficient (Wildman–Crippen LogP) is 3.11. The molecule has 1 aliphatic heterocycles. The molecule has 0 bridgehead atoms. The Morgan fingerprint density at radius 1 is 1.42 bits per heavy atom. The highest BCUT2D eigenvalue weighted by atomic mass is 16.4. The summed E-state index contributed by atoms with van der Waals surface area (Å²) >= 11 is 0. The number of carboxylic acids is 1. The number of hydrogen-bond acceptors (Lipinski definition) is 3. The zero-order valence-electron chi connectivity index (χ0n) is 11.7. The van der Waals surface area contributed by atoms with Crippen molar-refractivity contribution in [2.45, 2.75) is 52.0 Å². The predicted molar refractivity (Wildman–Crippen MR) is 75.9 cm³/mol. The molecule has 1 saturated heterocycles. The van der Waals surface area contributed by atoms with Crippen molar-refractivity contribution in [1.82, 2.24) is 4.98 Å². The van der Waals surface area contributed by atoms with Gasteiger partial charge in [-0.05, 0) is 44.2 Å². The number of nitrogens with zero attached hydrogens (tertiary/aromatic N) is 2. The number of pyridine rings is 1. The van der Waals surface area contributed by atoms with E-state index in [0.29, 0.717) is 11.6 Å². The normalized spacial score (nSPS) is 19.5. The fourth-order valence-corrected chi connectivity index (χ4v) is 2.75. The number of aryl methyl sites for hydroxylation is 1. The van der Waals surface area contributed by atoms with Crippen LogP contribution in [0.5, 0.6) is 0 Å². The lowest BCUT2D eigenvalue weighted by Gasteiger charge is -2.36. The van der Waals surface area contributed by atoms with Gasteiger partial charge in [-0.25, -0.2) is 9.78 Å². The van der Waals surface area contributed by atoms with Gasteiger partial charge in [0.25, 0.3) is 0 Å². The van der Waals surface area contributed by atoms with Crippen LogP contribution in [0.25, 0.3) is 0 Å². The molecule has 1 unspecified atom stereocenters. The Kier molecular flexibility index (Phi) is 4.40. The number of anilines is 1. The number of hydrogen-bond donors (Lipinski definition) is 1. The number of piperidine rings is 1. The Labute approximate surface area is 114 Å². The van der Waals surface area contributed by atoms with Crippen LogP contribution in [0.2, 0.25) is 0 Å². The van der Waals surface area contributed by atoms with Crippen molar-refractivity contribution in [3.63, 3.8) is 0 Å². The number of rotatable bonds is 4. The molecule has 4 nitrogen and oxygen atoms in total. The van der Waals surface area contributed by atoms with Crippen LogP contribution in [0.1, 0.15) is 55.6 Å². The molecule has 0 spiro atoms. The molecule has 104 valence electrons. The van der Waals surface area contributed by atoms with E-state index in [0.717, 1.165) is 37.3 Å². The van der Waals surface area contributed by atoms with E-state index in [1.807, 2.05) is 6.92 Å². The largest absolute Gasteiger partial charge is 0.478 e. The summed E-state index contributed by atoms with van der Waals surface area (Å²) in [7, 11) is 0. The van der Waals surface area contributed by atoms with Crippen molar-refractivity contribution in [3.05, 3.63) is 23.4 Å². The Morgan fingerprint density at radius 3 is 2.84 bits per heavy atom. The van der Waals surface area contributed by atoms with Gasteiger partial charge in [0.05, 0.1) is 5.56 Å². The minimum Gasteiger partial charge on any atom is -0.478 e. The van der Waals surface area contributed by atoms with E-state index in [1.165, 1.54) is 12.8 Å². The van der Waals surface area contributed by atoms with Crippen molar-refractivity contribution in [3.8, 4) is 0 Å². The standard InChI is InChI=1S/C15H22N2O2/c1-3-12-9-11(15(18)19)10-14(16-12)17-8-6-5-7-13(17)4-2/h9-10,13H,3-8H2,1-2H3,(H,18,19). The average Bonchev–Trinajstić information content (AvgIpc) is 2.46.